The molecule has 0 saturated carbocycles. The number of carbonyl (C=O) groups is 2. The Hall–Kier alpha value is -3.18. The van der Waals surface area contributed by atoms with Crippen LogP contribution in [0.4, 0.5) is 0 Å². The third-order valence-corrected chi connectivity index (χ3v) is 10.7. The van der Waals surface area contributed by atoms with Crippen LogP contribution in [0.5, 0.6) is 0 Å². The van der Waals surface area contributed by atoms with Crippen molar-refractivity contribution in [2.45, 2.75) is 51.7 Å². The van der Waals surface area contributed by atoms with Crippen molar-refractivity contribution in [2.24, 2.45) is 0 Å². The van der Waals surface area contributed by atoms with Gasteiger partial charge in [0, 0.05) is 0 Å². The Morgan fingerprint density at radius 3 is 1.52 bits per heavy atom. The van der Waals surface area contributed by atoms with Gasteiger partial charge in [-0.15, -0.1) is 0 Å². The maximum Gasteiger partial charge on any atom is 0.323 e. The molecule has 33 heavy (non-hydrogen) atoms. The van der Waals surface area contributed by atoms with E-state index < -0.39 is 32.3 Å². The number of esters is 1. The molecule has 0 fully saturated rings. The number of benzene rings is 3. The van der Waals surface area contributed by atoms with Crippen molar-refractivity contribution >= 4 is 30.6 Å². The minimum Gasteiger partial charge on any atom is -0.509 e. The summed E-state index contributed by atoms with van der Waals surface area (Å²) in [4.78, 5) is 25.9. The third-order valence-electron chi connectivity index (χ3n) is 5.81. The molecule has 0 aliphatic carbocycles. The standard InChI is InChI=1S/C28H32O4Si/c1-27(2,3)33(23-17-11-7-12-18-23,24-19-13-8-14-20-24)32-26(30)21-25(29)31-28(4,5)22-15-9-6-10-16-22/h6-20H,21H2,1-5H3. The molecule has 0 bridgehead atoms. The molecule has 3 rings (SSSR count). The van der Waals surface area contributed by atoms with Gasteiger partial charge >= 0.3 is 20.3 Å². The molecule has 0 N–H and O–H groups in total. The first-order valence-corrected chi connectivity index (χ1v) is 13.1. The molecule has 5 heteroatoms. The average Bonchev–Trinajstić information content (AvgIpc) is 2.78. The highest BCUT2D eigenvalue weighted by Crippen LogP contribution is 2.37. The van der Waals surface area contributed by atoms with Crippen molar-refractivity contribution in [1.29, 1.82) is 0 Å². The lowest BCUT2D eigenvalue weighted by Gasteiger charge is -2.42. The number of carbonyl (C=O) groups excluding carboxylic acids is 2. The molecule has 4 nitrogen and oxygen atoms in total. The highest BCUT2D eigenvalue weighted by atomic mass is 28.4. The Morgan fingerprint density at radius 1 is 0.667 bits per heavy atom. The molecule has 0 aliphatic rings. The largest absolute Gasteiger partial charge is 0.509 e. The summed E-state index contributed by atoms with van der Waals surface area (Å²) < 4.78 is 12.0. The lowest BCUT2D eigenvalue weighted by molar-refractivity contribution is -0.161. The Morgan fingerprint density at radius 2 is 1.09 bits per heavy atom. The van der Waals surface area contributed by atoms with Gasteiger partial charge in [0.15, 0.2) is 0 Å². The van der Waals surface area contributed by atoms with Crippen LogP contribution in [-0.2, 0) is 24.4 Å². The fraction of sp³-hybridized carbons (Fsp3) is 0.286. The summed E-state index contributed by atoms with van der Waals surface area (Å²) in [5, 5.41) is 1.60. The average molecular weight is 461 g/mol. The highest BCUT2D eigenvalue weighted by Gasteiger charge is 2.53. The Bertz CT molecular complexity index is 1030. The van der Waals surface area contributed by atoms with Crippen LogP contribution in [0, 0.1) is 0 Å². The first-order valence-electron chi connectivity index (χ1n) is 11.2. The fourth-order valence-corrected chi connectivity index (χ4v) is 8.54. The molecule has 0 heterocycles. The molecule has 0 unspecified atom stereocenters. The van der Waals surface area contributed by atoms with Crippen molar-refractivity contribution in [3.63, 3.8) is 0 Å². The predicted octanol–water partition coefficient (Wildman–Crippen LogP) is 4.96. The smallest absolute Gasteiger partial charge is 0.323 e. The van der Waals surface area contributed by atoms with Gasteiger partial charge < -0.3 is 9.16 Å². The first kappa shape index (κ1) is 24.5. The molecule has 172 valence electrons. The van der Waals surface area contributed by atoms with Crippen LogP contribution < -0.4 is 10.4 Å². The van der Waals surface area contributed by atoms with Crippen LogP contribution in [0.25, 0.3) is 0 Å². The summed E-state index contributed by atoms with van der Waals surface area (Å²) in [6, 6.07) is 29.2. The molecular formula is C28H32O4Si. The van der Waals surface area contributed by atoms with Gasteiger partial charge in [-0.2, -0.15) is 0 Å². The molecule has 0 radical (unpaired) electrons. The van der Waals surface area contributed by atoms with Crippen molar-refractivity contribution in [3.05, 3.63) is 96.6 Å². The molecule has 0 saturated heterocycles. The summed E-state index contributed by atoms with van der Waals surface area (Å²) >= 11 is 0. The lowest BCUT2D eigenvalue weighted by Crippen LogP contribution is -2.67. The van der Waals surface area contributed by atoms with Crippen molar-refractivity contribution in [2.75, 3.05) is 0 Å². The van der Waals surface area contributed by atoms with Crippen molar-refractivity contribution < 1.29 is 18.8 Å². The monoisotopic (exact) mass is 460 g/mol. The normalized spacial score (nSPS) is 12.2. The van der Waals surface area contributed by atoms with Crippen LogP contribution in [0.3, 0.4) is 0 Å². The molecule has 0 atom stereocenters. The second kappa shape index (κ2) is 9.75. The van der Waals surface area contributed by atoms with Gasteiger partial charge in [0.05, 0.1) is 0 Å². The van der Waals surface area contributed by atoms with E-state index in [-0.39, 0.29) is 5.04 Å². The van der Waals surface area contributed by atoms with Gasteiger partial charge in [-0.1, -0.05) is 112 Å². The topological polar surface area (TPSA) is 52.6 Å². The van der Waals surface area contributed by atoms with E-state index in [1.165, 1.54) is 0 Å². The van der Waals surface area contributed by atoms with E-state index in [0.717, 1.165) is 15.9 Å². The molecule has 0 spiro atoms. The second-order valence-electron chi connectivity index (χ2n) is 9.66. The first-order chi connectivity index (χ1) is 15.6. The molecule has 0 aromatic heterocycles. The molecule has 0 amide bonds. The van der Waals surface area contributed by atoms with Crippen molar-refractivity contribution in [1.82, 2.24) is 0 Å². The fourth-order valence-electron chi connectivity index (χ4n) is 4.19. The summed E-state index contributed by atoms with van der Waals surface area (Å²) in [5.41, 5.74) is 0.00875. The van der Waals surface area contributed by atoms with E-state index in [9.17, 15) is 9.59 Å². The Labute approximate surface area is 197 Å². The van der Waals surface area contributed by atoms with E-state index in [4.69, 9.17) is 9.16 Å². The lowest BCUT2D eigenvalue weighted by atomic mass is 9.98. The number of rotatable bonds is 7. The van der Waals surface area contributed by atoms with Crippen LogP contribution in [-0.4, -0.2) is 20.3 Å². The van der Waals surface area contributed by atoms with Gasteiger partial charge in [0.2, 0.25) is 0 Å². The van der Waals surface area contributed by atoms with E-state index in [1.54, 1.807) is 0 Å². The minimum absolute atomic E-state index is 0.363. The third kappa shape index (κ3) is 5.42. The molecule has 3 aromatic rings. The summed E-state index contributed by atoms with van der Waals surface area (Å²) in [5.74, 6) is -1.18. The number of hydrogen-bond donors (Lipinski definition) is 0. The quantitative estimate of drug-likeness (QED) is 0.284. The Balaban J connectivity index is 1.89. The maximum absolute atomic E-state index is 13.2. The predicted molar refractivity (Wildman–Crippen MR) is 134 cm³/mol. The van der Waals surface area contributed by atoms with Gasteiger partial charge in [0.25, 0.3) is 0 Å². The van der Waals surface area contributed by atoms with Gasteiger partial charge in [-0.05, 0) is 34.8 Å². The highest BCUT2D eigenvalue weighted by molar-refractivity contribution is 7.00. The van der Waals surface area contributed by atoms with E-state index in [2.05, 4.69) is 20.8 Å². The van der Waals surface area contributed by atoms with E-state index >= 15 is 0 Å². The summed E-state index contributed by atoms with van der Waals surface area (Å²) in [6.07, 6.45) is -0.444. The van der Waals surface area contributed by atoms with E-state index in [1.807, 2.05) is 105 Å². The zero-order valence-electron chi connectivity index (χ0n) is 20.0. The number of hydrogen-bond acceptors (Lipinski definition) is 4. The van der Waals surface area contributed by atoms with Crippen LogP contribution in [0.15, 0.2) is 91.0 Å². The maximum atomic E-state index is 13.2. The van der Waals surface area contributed by atoms with Crippen LogP contribution >= 0.6 is 0 Å². The summed E-state index contributed by atoms with van der Waals surface area (Å²) in [6.45, 7) is 9.89. The molecule has 0 aliphatic heterocycles. The molecule has 3 aromatic carbocycles. The van der Waals surface area contributed by atoms with Gasteiger partial charge in [0.1, 0.15) is 12.0 Å². The zero-order valence-corrected chi connectivity index (χ0v) is 21.0. The van der Waals surface area contributed by atoms with Gasteiger partial charge in [-0.3, -0.25) is 9.59 Å². The Kier molecular flexibility index (Phi) is 7.23. The number of ether oxygens (including phenoxy) is 1. The minimum atomic E-state index is -3.06. The van der Waals surface area contributed by atoms with Crippen LogP contribution in [0.1, 0.15) is 46.6 Å². The SMILES string of the molecule is CC(C)(OC(=O)CC(=O)O[Si](c1ccccc1)(c1ccccc1)C(C)(C)C)c1ccccc1. The zero-order chi connectivity index (χ0) is 24.1. The van der Waals surface area contributed by atoms with E-state index in [0.29, 0.717) is 0 Å². The van der Waals surface area contributed by atoms with Gasteiger partial charge in [-0.25, -0.2) is 0 Å². The molecular weight excluding hydrogens is 428 g/mol. The second-order valence-corrected chi connectivity index (χ2v) is 13.9. The van der Waals surface area contributed by atoms with Crippen molar-refractivity contribution in [3.8, 4) is 0 Å². The van der Waals surface area contributed by atoms with Crippen LogP contribution in [0.2, 0.25) is 5.04 Å². The summed E-state index contributed by atoms with van der Waals surface area (Å²) in [7, 11) is -3.06.